The summed E-state index contributed by atoms with van der Waals surface area (Å²) in [5.74, 6) is 0.540. The lowest BCUT2D eigenvalue weighted by atomic mass is 10.1. The lowest BCUT2D eigenvalue weighted by Crippen LogP contribution is -2.42. The highest BCUT2D eigenvalue weighted by atomic mass is 79.9. The summed E-state index contributed by atoms with van der Waals surface area (Å²) in [7, 11) is 0. The number of hydrogen-bond donors (Lipinski definition) is 3. The van der Waals surface area contributed by atoms with Crippen LogP contribution in [0.1, 0.15) is 18.4 Å². The number of aromatic nitrogens is 2. The molecule has 1 fully saturated rings. The van der Waals surface area contributed by atoms with Gasteiger partial charge in [-0.1, -0.05) is 34.1 Å². The Balaban J connectivity index is 1.47. The Bertz CT molecular complexity index is 1070. The molecule has 0 radical (unpaired) electrons. The van der Waals surface area contributed by atoms with Gasteiger partial charge in [0.15, 0.2) is 0 Å². The van der Waals surface area contributed by atoms with E-state index in [1.54, 1.807) is 6.07 Å². The second-order valence-corrected chi connectivity index (χ2v) is 8.59. The van der Waals surface area contributed by atoms with Gasteiger partial charge in [-0.05, 0) is 42.7 Å². The van der Waals surface area contributed by atoms with Crippen LogP contribution in [-0.2, 0) is 6.54 Å². The minimum Gasteiger partial charge on any atom is -0.465 e. The topological polar surface area (TPSA) is 82.4 Å². The average Bonchev–Trinajstić information content (AvgIpc) is 3.08. The third kappa shape index (κ3) is 5.34. The summed E-state index contributed by atoms with van der Waals surface area (Å²) in [5, 5.41) is 14.7. The molecular weight excluding hydrogens is 465 g/mol. The molecular formula is C22H25BrFN5O2. The Kier molecular flexibility index (Phi) is 6.72. The Hall–Kier alpha value is -2.65. The molecule has 1 aliphatic heterocycles. The van der Waals surface area contributed by atoms with E-state index >= 15 is 0 Å². The van der Waals surface area contributed by atoms with E-state index < -0.39 is 6.09 Å². The summed E-state index contributed by atoms with van der Waals surface area (Å²) in [6, 6.07) is 13.0. The number of halogens is 2. The normalized spacial score (nSPS) is 15.3. The monoisotopic (exact) mass is 489 g/mol. The number of para-hydroxylation sites is 2. The van der Waals surface area contributed by atoms with E-state index in [4.69, 9.17) is 10.1 Å². The number of rotatable bonds is 7. The first-order valence-corrected chi connectivity index (χ1v) is 11.1. The Morgan fingerprint density at radius 3 is 2.74 bits per heavy atom. The fourth-order valence-electron chi connectivity index (χ4n) is 3.97. The molecule has 0 aliphatic carbocycles. The van der Waals surface area contributed by atoms with Gasteiger partial charge in [-0.25, -0.2) is 14.2 Å². The maximum absolute atomic E-state index is 13.5. The molecule has 164 valence electrons. The molecule has 1 aliphatic rings. The number of carboxylic acid groups (broad SMARTS) is 1. The minimum atomic E-state index is -0.983. The lowest BCUT2D eigenvalue weighted by molar-refractivity contribution is 0.186. The van der Waals surface area contributed by atoms with Crippen LogP contribution in [0.4, 0.5) is 15.1 Å². The highest BCUT2D eigenvalue weighted by Gasteiger charge is 2.21. The van der Waals surface area contributed by atoms with Gasteiger partial charge in [0, 0.05) is 36.7 Å². The van der Waals surface area contributed by atoms with E-state index in [9.17, 15) is 9.18 Å². The predicted molar refractivity (Wildman–Crippen MR) is 122 cm³/mol. The van der Waals surface area contributed by atoms with Gasteiger partial charge in [0.2, 0.25) is 5.95 Å². The SMILES string of the molecule is O=C(O)NCCN1CCC(Nc2nc3ccccc3n2Cc2ccc(F)cc2Br)CC1. The van der Waals surface area contributed by atoms with Crippen molar-refractivity contribution < 1.29 is 14.3 Å². The van der Waals surface area contributed by atoms with E-state index in [0.29, 0.717) is 13.1 Å². The van der Waals surface area contributed by atoms with Crippen molar-refractivity contribution in [3.63, 3.8) is 0 Å². The van der Waals surface area contributed by atoms with Crippen molar-refractivity contribution in [2.45, 2.75) is 25.4 Å². The third-order valence-corrected chi connectivity index (χ3v) is 6.36. The van der Waals surface area contributed by atoms with Crippen LogP contribution >= 0.6 is 15.9 Å². The Morgan fingerprint density at radius 1 is 1.23 bits per heavy atom. The van der Waals surface area contributed by atoms with Gasteiger partial charge in [-0.2, -0.15) is 0 Å². The van der Waals surface area contributed by atoms with Gasteiger partial charge in [0.05, 0.1) is 17.6 Å². The summed E-state index contributed by atoms with van der Waals surface area (Å²) in [6.07, 6.45) is 0.927. The quantitative estimate of drug-likeness (QED) is 0.464. The van der Waals surface area contributed by atoms with E-state index in [1.165, 1.54) is 12.1 Å². The first-order chi connectivity index (χ1) is 15.0. The fourth-order valence-corrected chi connectivity index (χ4v) is 4.45. The number of imidazole rings is 1. The smallest absolute Gasteiger partial charge is 0.404 e. The molecule has 0 atom stereocenters. The van der Waals surface area contributed by atoms with Gasteiger partial charge in [0.1, 0.15) is 5.82 Å². The second-order valence-electron chi connectivity index (χ2n) is 7.74. The predicted octanol–water partition coefficient (Wildman–Crippen LogP) is 4.13. The van der Waals surface area contributed by atoms with E-state index in [0.717, 1.165) is 59.5 Å². The number of nitrogens with zero attached hydrogens (tertiary/aromatic N) is 3. The van der Waals surface area contributed by atoms with E-state index in [2.05, 4.69) is 36.0 Å². The van der Waals surface area contributed by atoms with Crippen LogP contribution in [0.2, 0.25) is 0 Å². The first kappa shape index (κ1) is 21.6. The molecule has 1 aromatic heterocycles. The third-order valence-electron chi connectivity index (χ3n) is 5.62. The van der Waals surface area contributed by atoms with Gasteiger partial charge < -0.3 is 25.2 Å². The zero-order valence-electron chi connectivity index (χ0n) is 17.0. The molecule has 31 heavy (non-hydrogen) atoms. The molecule has 9 heteroatoms. The zero-order valence-corrected chi connectivity index (χ0v) is 18.6. The van der Waals surface area contributed by atoms with Gasteiger partial charge >= 0.3 is 6.09 Å². The van der Waals surface area contributed by atoms with Crippen molar-refractivity contribution in [3.8, 4) is 0 Å². The summed E-state index contributed by atoms with van der Waals surface area (Å²) in [5.41, 5.74) is 2.92. The molecule has 0 unspecified atom stereocenters. The number of amides is 1. The van der Waals surface area contributed by atoms with Gasteiger partial charge in [0.25, 0.3) is 0 Å². The number of anilines is 1. The second kappa shape index (κ2) is 9.65. The maximum atomic E-state index is 13.5. The van der Waals surface area contributed by atoms with Gasteiger partial charge in [-0.15, -0.1) is 0 Å². The van der Waals surface area contributed by atoms with Crippen molar-refractivity contribution >= 4 is 39.0 Å². The number of hydrogen-bond acceptors (Lipinski definition) is 4. The molecule has 7 nitrogen and oxygen atoms in total. The molecule has 3 N–H and O–H groups in total. The van der Waals surface area contributed by atoms with Crippen LogP contribution in [0.5, 0.6) is 0 Å². The van der Waals surface area contributed by atoms with Crippen LogP contribution in [-0.4, -0.2) is 57.9 Å². The highest BCUT2D eigenvalue weighted by Crippen LogP contribution is 2.26. The van der Waals surface area contributed by atoms with Crippen molar-refractivity contribution in [3.05, 3.63) is 58.3 Å². The summed E-state index contributed by atoms with van der Waals surface area (Å²) >= 11 is 3.47. The molecule has 3 aromatic rings. The highest BCUT2D eigenvalue weighted by molar-refractivity contribution is 9.10. The number of fused-ring (bicyclic) bond motifs is 1. The van der Waals surface area contributed by atoms with Crippen molar-refractivity contribution in [2.24, 2.45) is 0 Å². The fraction of sp³-hybridized carbons (Fsp3) is 0.364. The molecule has 2 heterocycles. The maximum Gasteiger partial charge on any atom is 0.404 e. The number of likely N-dealkylation sites (tertiary alicyclic amines) is 1. The molecule has 4 rings (SSSR count). The number of benzene rings is 2. The van der Waals surface area contributed by atoms with E-state index in [-0.39, 0.29) is 11.9 Å². The van der Waals surface area contributed by atoms with Crippen molar-refractivity contribution in [1.82, 2.24) is 19.8 Å². The molecule has 0 spiro atoms. The first-order valence-electron chi connectivity index (χ1n) is 10.3. The zero-order chi connectivity index (χ0) is 21.8. The number of nitrogens with one attached hydrogen (secondary N) is 2. The van der Waals surface area contributed by atoms with Crippen LogP contribution in [0, 0.1) is 5.82 Å². The van der Waals surface area contributed by atoms with Gasteiger partial charge in [-0.3, -0.25) is 0 Å². The molecule has 0 bridgehead atoms. The standard InChI is InChI=1S/C22H25BrFN5O2/c23-18-13-16(24)6-5-15(18)14-29-20-4-2-1-3-19(20)27-21(29)26-17-7-10-28(11-8-17)12-9-25-22(30)31/h1-6,13,17,25H,7-12,14H2,(H,26,27)(H,30,31). The summed E-state index contributed by atoms with van der Waals surface area (Å²) in [4.78, 5) is 17.7. The van der Waals surface area contributed by atoms with Crippen LogP contribution < -0.4 is 10.6 Å². The molecule has 1 amide bonds. The lowest BCUT2D eigenvalue weighted by Gasteiger charge is -2.32. The van der Waals surface area contributed by atoms with Crippen LogP contribution in [0.15, 0.2) is 46.9 Å². The van der Waals surface area contributed by atoms with E-state index in [1.807, 2.05) is 24.3 Å². The number of carbonyl (C=O) groups is 1. The molecule has 2 aromatic carbocycles. The molecule has 1 saturated heterocycles. The van der Waals surface area contributed by atoms with Crippen molar-refractivity contribution in [1.29, 1.82) is 0 Å². The average molecular weight is 490 g/mol. The Morgan fingerprint density at radius 2 is 2.00 bits per heavy atom. The largest absolute Gasteiger partial charge is 0.465 e. The molecule has 0 saturated carbocycles. The van der Waals surface area contributed by atoms with Crippen molar-refractivity contribution in [2.75, 3.05) is 31.5 Å². The van der Waals surface area contributed by atoms with Crippen LogP contribution in [0.25, 0.3) is 11.0 Å². The number of piperidine rings is 1. The summed E-state index contributed by atoms with van der Waals surface area (Å²) in [6.45, 7) is 3.54. The van der Waals surface area contributed by atoms with Crippen LogP contribution in [0.3, 0.4) is 0 Å². The minimum absolute atomic E-state index is 0.269. The Labute approximate surface area is 188 Å². The summed E-state index contributed by atoms with van der Waals surface area (Å²) < 4.78 is 16.4.